The van der Waals surface area contributed by atoms with Gasteiger partial charge < -0.3 is 9.84 Å². The van der Waals surface area contributed by atoms with Gasteiger partial charge in [-0.1, -0.05) is 16.8 Å². The number of anilines is 1. The molecule has 2 aromatic rings. The average molecular weight is 304 g/mol. The Balaban J connectivity index is 1.90. The van der Waals surface area contributed by atoms with Crippen LogP contribution in [0, 0.1) is 0 Å². The number of rotatable bonds is 4. The molecule has 0 amide bonds. The second kappa shape index (κ2) is 5.27. The minimum atomic E-state index is 0.572. The van der Waals surface area contributed by atoms with Gasteiger partial charge in [-0.2, -0.15) is 4.98 Å². The Kier molecular flexibility index (Phi) is 3.74. The third kappa shape index (κ3) is 2.93. The lowest BCUT2D eigenvalue weighted by Gasteiger charge is -2.05. The zero-order chi connectivity index (χ0) is 11.4. The van der Waals surface area contributed by atoms with Crippen LogP contribution in [-0.2, 0) is 6.42 Å². The fourth-order valence-electron chi connectivity index (χ4n) is 1.14. The van der Waals surface area contributed by atoms with E-state index < -0.39 is 0 Å². The maximum absolute atomic E-state index is 5.99. The molecule has 0 aromatic carbocycles. The summed E-state index contributed by atoms with van der Waals surface area (Å²) in [6, 6.07) is 1.78. The minimum Gasteiger partial charge on any atom is -0.368 e. The monoisotopic (exact) mass is 302 g/mol. The van der Waals surface area contributed by atoms with Gasteiger partial charge in [0.25, 0.3) is 0 Å². The summed E-state index contributed by atoms with van der Waals surface area (Å²) in [6.45, 7) is 0.647. The second-order valence-corrected chi connectivity index (χ2v) is 4.33. The highest BCUT2D eigenvalue weighted by Crippen LogP contribution is 2.22. The molecular formula is C9H8BrClN4O. The SMILES string of the molecule is Clc1cc(Br)cnc1NCCc1ncon1. The van der Waals surface area contributed by atoms with Crippen molar-refractivity contribution < 1.29 is 4.52 Å². The lowest BCUT2D eigenvalue weighted by molar-refractivity contribution is 0.410. The van der Waals surface area contributed by atoms with E-state index in [1.54, 1.807) is 12.3 Å². The second-order valence-electron chi connectivity index (χ2n) is 3.01. The number of pyridine rings is 1. The Hall–Kier alpha value is -1.14. The first-order valence-electron chi connectivity index (χ1n) is 4.56. The first kappa shape index (κ1) is 11.3. The molecule has 2 aromatic heterocycles. The molecule has 0 atom stereocenters. The molecule has 5 nitrogen and oxygen atoms in total. The van der Waals surface area contributed by atoms with Crippen LogP contribution in [0.25, 0.3) is 0 Å². The number of nitrogens with zero attached hydrogens (tertiary/aromatic N) is 3. The summed E-state index contributed by atoms with van der Waals surface area (Å²) in [5, 5.41) is 7.36. The molecule has 16 heavy (non-hydrogen) atoms. The standard InChI is InChI=1S/C9H8BrClN4O/c10-6-3-7(11)9(13-4-6)12-2-1-8-14-5-16-15-8/h3-5H,1-2H2,(H,12,13). The highest BCUT2D eigenvalue weighted by molar-refractivity contribution is 9.10. The Morgan fingerprint density at radius 3 is 3.00 bits per heavy atom. The topological polar surface area (TPSA) is 63.8 Å². The fraction of sp³-hybridized carbons (Fsp3) is 0.222. The van der Waals surface area contributed by atoms with Gasteiger partial charge in [0.2, 0.25) is 6.39 Å². The van der Waals surface area contributed by atoms with Crippen molar-refractivity contribution in [2.75, 3.05) is 11.9 Å². The van der Waals surface area contributed by atoms with Crippen LogP contribution in [0.4, 0.5) is 5.82 Å². The first-order chi connectivity index (χ1) is 7.75. The summed E-state index contributed by atoms with van der Waals surface area (Å²) >= 11 is 9.27. The van der Waals surface area contributed by atoms with Crippen molar-refractivity contribution in [3.05, 3.63) is 34.0 Å². The molecule has 0 radical (unpaired) electrons. The molecular weight excluding hydrogens is 295 g/mol. The zero-order valence-electron chi connectivity index (χ0n) is 8.15. The van der Waals surface area contributed by atoms with E-state index >= 15 is 0 Å². The van der Waals surface area contributed by atoms with Crippen molar-refractivity contribution in [2.24, 2.45) is 0 Å². The number of halogens is 2. The number of nitrogens with one attached hydrogen (secondary N) is 1. The largest absolute Gasteiger partial charge is 0.368 e. The summed E-state index contributed by atoms with van der Waals surface area (Å²) < 4.78 is 5.47. The first-order valence-corrected chi connectivity index (χ1v) is 5.73. The molecule has 0 fully saturated rings. The van der Waals surface area contributed by atoms with Crippen molar-refractivity contribution in [1.29, 1.82) is 0 Å². The van der Waals surface area contributed by atoms with Crippen LogP contribution < -0.4 is 5.32 Å². The summed E-state index contributed by atoms with van der Waals surface area (Å²) in [4.78, 5) is 8.05. The molecule has 0 aliphatic rings. The van der Waals surface area contributed by atoms with E-state index in [-0.39, 0.29) is 0 Å². The molecule has 0 aliphatic carbocycles. The summed E-state index contributed by atoms with van der Waals surface area (Å²) in [5.74, 6) is 1.30. The smallest absolute Gasteiger partial charge is 0.213 e. The fourth-order valence-corrected chi connectivity index (χ4v) is 1.84. The predicted molar refractivity (Wildman–Crippen MR) is 63.4 cm³/mol. The predicted octanol–water partition coefficient (Wildman–Crippen LogP) is 2.54. The molecule has 0 saturated heterocycles. The van der Waals surface area contributed by atoms with Gasteiger partial charge in [0.05, 0.1) is 5.02 Å². The molecule has 0 aliphatic heterocycles. The van der Waals surface area contributed by atoms with E-state index in [0.717, 1.165) is 4.47 Å². The van der Waals surface area contributed by atoms with E-state index in [1.165, 1.54) is 6.39 Å². The molecule has 84 valence electrons. The van der Waals surface area contributed by atoms with E-state index in [2.05, 4.69) is 40.9 Å². The number of hydrogen-bond acceptors (Lipinski definition) is 5. The molecule has 7 heteroatoms. The Morgan fingerprint density at radius 2 is 2.31 bits per heavy atom. The van der Waals surface area contributed by atoms with Gasteiger partial charge in [0, 0.05) is 23.6 Å². The molecule has 0 spiro atoms. The van der Waals surface area contributed by atoms with Crippen LogP contribution in [0.3, 0.4) is 0 Å². The van der Waals surface area contributed by atoms with Gasteiger partial charge in [0.1, 0.15) is 5.82 Å². The average Bonchev–Trinajstić information content (AvgIpc) is 2.74. The molecule has 0 unspecified atom stereocenters. The normalized spacial score (nSPS) is 10.4. The van der Waals surface area contributed by atoms with Gasteiger partial charge in [-0.3, -0.25) is 0 Å². The lowest BCUT2D eigenvalue weighted by Crippen LogP contribution is -2.07. The summed E-state index contributed by atoms with van der Waals surface area (Å²) in [7, 11) is 0. The van der Waals surface area contributed by atoms with Gasteiger partial charge in [-0.25, -0.2) is 4.98 Å². The highest BCUT2D eigenvalue weighted by atomic mass is 79.9. The van der Waals surface area contributed by atoms with Crippen LogP contribution in [0.5, 0.6) is 0 Å². The van der Waals surface area contributed by atoms with E-state index in [9.17, 15) is 0 Å². The maximum Gasteiger partial charge on any atom is 0.213 e. The Bertz CT molecular complexity index is 463. The molecule has 2 heterocycles. The van der Waals surface area contributed by atoms with Crippen molar-refractivity contribution >= 4 is 33.3 Å². The van der Waals surface area contributed by atoms with Crippen molar-refractivity contribution in [2.45, 2.75) is 6.42 Å². The van der Waals surface area contributed by atoms with Crippen LogP contribution in [-0.4, -0.2) is 21.7 Å². The Labute approximate surface area is 105 Å². The molecule has 0 bridgehead atoms. The van der Waals surface area contributed by atoms with Crippen LogP contribution in [0.2, 0.25) is 5.02 Å². The van der Waals surface area contributed by atoms with Crippen molar-refractivity contribution in [3.63, 3.8) is 0 Å². The van der Waals surface area contributed by atoms with Crippen molar-refractivity contribution in [1.82, 2.24) is 15.1 Å². The van der Waals surface area contributed by atoms with E-state index in [0.29, 0.717) is 29.6 Å². The van der Waals surface area contributed by atoms with E-state index in [4.69, 9.17) is 11.6 Å². The highest BCUT2D eigenvalue weighted by Gasteiger charge is 2.03. The lowest BCUT2D eigenvalue weighted by atomic mass is 10.4. The zero-order valence-corrected chi connectivity index (χ0v) is 10.5. The quantitative estimate of drug-likeness (QED) is 0.940. The summed E-state index contributed by atoms with van der Waals surface area (Å²) in [5.41, 5.74) is 0. The number of hydrogen-bond donors (Lipinski definition) is 1. The molecule has 1 N–H and O–H groups in total. The van der Waals surface area contributed by atoms with Crippen molar-refractivity contribution in [3.8, 4) is 0 Å². The Morgan fingerprint density at radius 1 is 1.44 bits per heavy atom. The third-order valence-corrected chi connectivity index (χ3v) is 2.58. The molecule has 2 rings (SSSR count). The minimum absolute atomic E-state index is 0.572. The van der Waals surface area contributed by atoms with E-state index in [1.807, 2.05) is 0 Å². The van der Waals surface area contributed by atoms with Crippen LogP contribution in [0.15, 0.2) is 27.7 Å². The van der Waals surface area contributed by atoms with Crippen LogP contribution in [0.1, 0.15) is 5.82 Å². The molecule has 0 saturated carbocycles. The summed E-state index contributed by atoms with van der Waals surface area (Å²) in [6.07, 6.45) is 3.65. The maximum atomic E-state index is 5.99. The van der Waals surface area contributed by atoms with Gasteiger partial charge in [-0.15, -0.1) is 0 Å². The third-order valence-electron chi connectivity index (χ3n) is 1.86. The number of aromatic nitrogens is 3. The van der Waals surface area contributed by atoms with Gasteiger partial charge in [0.15, 0.2) is 5.82 Å². The van der Waals surface area contributed by atoms with Gasteiger partial charge >= 0.3 is 0 Å². The van der Waals surface area contributed by atoms with Crippen LogP contribution >= 0.6 is 27.5 Å². The van der Waals surface area contributed by atoms with Gasteiger partial charge in [-0.05, 0) is 22.0 Å².